The Labute approximate surface area is 198 Å². The van der Waals surface area contributed by atoms with Crippen molar-refractivity contribution in [1.29, 1.82) is 5.41 Å². The molecule has 3 aromatic rings. The molecule has 4 rings (SSSR count). The molecule has 7 heteroatoms. The molecule has 1 fully saturated rings. The van der Waals surface area contributed by atoms with Crippen molar-refractivity contribution in [3.05, 3.63) is 83.4 Å². The molecule has 1 aliphatic heterocycles. The minimum Gasteiger partial charge on any atom is -0.489 e. The summed E-state index contributed by atoms with van der Waals surface area (Å²) in [6, 6.07) is 23.4. The molecular weight excluding hydrogens is 436 g/mol. The van der Waals surface area contributed by atoms with E-state index in [0.717, 1.165) is 21.7 Å². The van der Waals surface area contributed by atoms with Crippen LogP contribution in [-0.4, -0.2) is 29.9 Å². The lowest BCUT2D eigenvalue weighted by molar-refractivity contribution is -0.121. The van der Waals surface area contributed by atoms with Crippen molar-refractivity contribution in [1.82, 2.24) is 4.90 Å². The molecule has 4 N–H and O–H groups in total. The molecule has 0 radical (unpaired) electrons. The van der Waals surface area contributed by atoms with Crippen molar-refractivity contribution in [2.24, 2.45) is 11.7 Å². The van der Waals surface area contributed by atoms with Crippen LogP contribution < -0.4 is 15.8 Å². The SMILES string of the molecule is N=C(N)N1CCC(C(=O)Nc2cccc(OCc3ccc(-c4ccc(Cl)cc4)cc3)c2)CC1. The third-order valence-electron chi connectivity index (χ3n) is 5.85. The van der Waals surface area contributed by atoms with Gasteiger partial charge in [-0.3, -0.25) is 10.2 Å². The number of ether oxygens (including phenoxy) is 1. The highest BCUT2D eigenvalue weighted by molar-refractivity contribution is 6.30. The minimum absolute atomic E-state index is 0.00635. The van der Waals surface area contributed by atoms with E-state index >= 15 is 0 Å². The van der Waals surface area contributed by atoms with E-state index in [0.29, 0.717) is 44.0 Å². The quantitative estimate of drug-likeness (QED) is 0.350. The number of hydrogen-bond donors (Lipinski definition) is 3. The van der Waals surface area contributed by atoms with Gasteiger partial charge in [-0.2, -0.15) is 0 Å². The van der Waals surface area contributed by atoms with E-state index in [2.05, 4.69) is 17.4 Å². The zero-order valence-corrected chi connectivity index (χ0v) is 19.0. The van der Waals surface area contributed by atoms with Gasteiger partial charge in [-0.25, -0.2) is 0 Å². The van der Waals surface area contributed by atoms with Gasteiger partial charge in [0, 0.05) is 35.8 Å². The van der Waals surface area contributed by atoms with E-state index in [9.17, 15) is 4.79 Å². The van der Waals surface area contributed by atoms with Gasteiger partial charge in [-0.15, -0.1) is 0 Å². The first-order valence-corrected chi connectivity index (χ1v) is 11.3. The smallest absolute Gasteiger partial charge is 0.227 e. The molecule has 1 heterocycles. The number of rotatable bonds is 6. The van der Waals surface area contributed by atoms with Gasteiger partial charge >= 0.3 is 0 Å². The Bertz CT molecular complexity index is 1110. The van der Waals surface area contributed by atoms with Crippen LogP contribution in [0.1, 0.15) is 18.4 Å². The lowest BCUT2D eigenvalue weighted by Crippen LogP contribution is -2.44. The first-order valence-electron chi connectivity index (χ1n) is 11.0. The van der Waals surface area contributed by atoms with Crippen LogP contribution in [0, 0.1) is 11.3 Å². The number of nitrogens with one attached hydrogen (secondary N) is 2. The fourth-order valence-corrected chi connectivity index (χ4v) is 4.02. The third kappa shape index (κ3) is 6.05. The molecule has 6 nitrogen and oxygen atoms in total. The molecule has 1 saturated heterocycles. The summed E-state index contributed by atoms with van der Waals surface area (Å²) in [5, 5.41) is 11.2. The number of benzene rings is 3. The normalized spacial score (nSPS) is 14.0. The largest absolute Gasteiger partial charge is 0.489 e. The molecule has 0 unspecified atom stereocenters. The van der Waals surface area contributed by atoms with Crippen molar-refractivity contribution in [2.75, 3.05) is 18.4 Å². The summed E-state index contributed by atoms with van der Waals surface area (Å²) < 4.78 is 5.95. The fourth-order valence-electron chi connectivity index (χ4n) is 3.89. The molecule has 1 amide bonds. The number of carbonyl (C=O) groups is 1. The zero-order valence-electron chi connectivity index (χ0n) is 18.3. The summed E-state index contributed by atoms with van der Waals surface area (Å²) in [7, 11) is 0. The highest BCUT2D eigenvalue weighted by Gasteiger charge is 2.25. The Morgan fingerprint density at radius 1 is 1.03 bits per heavy atom. The molecule has 1 aliphatic rings. The topological polar surface area (TPSA) is 91.4 Å². The molecule has 0 bridgehead atoms. The Kier molecular flexibility index (Phi) is 7.15. The summed E-state index contributed by atoms with van der Waals surface area (Å²) in [5.74, 6) is 0.678. The number of nitrogens with zero attached hydrogens (tertiary/aromatic N) is 1. The van der Waals surface area contributed by atoms with Gasteiger partial charge in [0.25, 0.3) is 0 Å². The maximum atomic E-state index is 12.6. The van der Waals surface area contributed by atoms with Crippen LogP contribution in [0.25, 0.3) is 11.1 Å². The highest BCUT2D eigenvalue weighted by Crippen LogP contribution is 2.24. The Morgan fingerprint density at radius 3 is 2.30 bits per heavy atom. The van der Waals surface area contributed by atoms with Crippen molar-refractivity contribution in [3.63, 3.8) is 0 Å². The monoisotopic (exact) mass is 462 g/mol. The second-order valence-corrected chi connectivity index (χ2v) is 8.59. The third-order valence-corrected chi connectivity index (χ3v) is 6.10. The predicted molar refractivity (Wildman–Crippen MR) is 133 cm³/mol. The lowest BCUT2D eigenvalue weighted by Gasteiger charge is -2.31. The van der Waals surface area contributed by atoms with Crippen molar-refractivity contribution < 1.29 is 9.53 Å². The standard InChI is InChI=1S/C26H27ClN4O2/c27-22-10-8-20(9-11-22)19-6-4-18(5-7-19)17-33-24-3-1-2-23(16-24)30-25(32)21-12-14-31(15-13-21)26(28)29/h1-11,16,21H,12-15,17H2,(H3,28,29)(H,30,32). The Balaban J connectivity index is 1.30. The summed E-state index contributed by atoms with van der Waals surface area (Å²) in [6.07, 6.45) is 1.38. The van der Waals surface area contributed by atoms with Gasteiger partial charge in [-0.05, 0) is 53.8 Å². The molecule has 0 atom stereocenters. The van der Waals surface area contributed by atoms with Gasteiger partial charge in [0.15, 0.2) is 5.96 Å². The van der Waals surface area contributed by atoms with Gasteiger partial charge in [0.2, 0.25) is 5.91 Å². The number of piperidine rings is 1. The molecule has 0 aromatic heterocycles. The molecule has 0 saturated carbocycles. The van der Waals surface area contributed by atoms with E-state index in [1.54, 1.807) is 4.90 Å². The van der Waals surface area contributed by atoms with E-state index in [1.807, 2.05) is 60.7 Å². The van der Waals surface area contributed by atoms with Gasteiger partial charge < -0.3 is 20.7 Å². The van der Waals surface area contributed by atoms with E-state index in [-0.39, 0.29) is 17.8 Å². The average molecular weight is 463 g/mol. The van der Waals surface area contributed by atoms with Crippen LogP contribution in [0.2, 0.25) is 5.02 Å². The second kappa shape index (κ2) is 10.4. The van der Waals surface area contributed by atoms with Crippen LogP contribution in [0.4, 0.5) is 5.69 Å². The zero-order chi connectivity index (χ0) is 23.2. The van der Waals surface area contributed by atoms with Gasteiger partial charge in [-0.1, -0.05) is 54.1 Å². The van der Waals surface area contributed by atoms with Crippen LogP contribution in [-0.2, 0) is 11.4 Å². The molecule has 0 aliphatic carbocycles. The maximum Gasteiger partial charge on any atom is 0.227 e. The Morgan fingerprint density at radius 2 is 1.67 bits per heavy atom. The average Bonchev–Trinajstić information content (AvgIpc) is 2.84. The number of likely N-dealkylation sites (tertiary alicyclic amines) is 1. The predicted octanol–water partition coefficient (Wildman–Crippen LogP) is 5.13. The molecule has 33 heavy (non-hydrogen) atoms. The van der Waals surface area contributed by atoms with E-state index in [1.165, 1.54) is 0 Å². The van der Waals surface area contributed by atoms with Crippen molar-refractivity contribution in [3.8, 4) is 16.9 Å². The van der Waals surface area contributed by atoms with E-state index in [4.69, 9.17) is 27.5 Å². The van der Waals surface area contributed by atoms with Gasteiger partial charge in [0.05, 0.1) is 0 Å². The lowest BCUT2D eigenvalue weighted by atomic mass is 9.96. The van der Waals surface area contributed by atoms with Crippen molar-refractivity contribution in [2.45, 2.75) is 19.4 Å². The number of amides is 1. The first kappa shape index (κ1) is 22.7. The molecule has 3 aromatic carbocycles. The van der Waals surface area contributed by atoms with Gasteiger partial charge in [0.1, 0.15) is 12.4 Å². The number of guanidine groups is 1. The number of hydrogen-bond acceptors (Lipinski definition) is 3. The highest BCUT2D eigenvalue weighted by atomic mass is 35.5. The number of anilines is 1. The fraction of sp³-hybridized carbons (Fsp3) is 0.231. The number of carbonyl (C=O) groups excluding carboxylic acids is 1. The maximum absolute atomic E-state index is 12.6. The van der Waals surface area contributed by atoms with Crippen LogP contribution in [0.5, 0.6) is 5.75 Å². The second-order valence-electron chi connectivity index (χ2n) is 8.16. The number of halogens is 1. The number of nitrogens with two attached hydrogens (primary N) is 1. The molecule has 170 valence electrons. The summed E-state index contributed by atoms with van der Waals surface area (Å²) in [5.41, 5.74) is 9.53. The minimum atomic E-state index is -0.0793. The summed E-state index contributed by atoms with van der Waals surface area (Å²) >= 11 is 5.97. The Hall–Kier alpha value is -3.51. The molecule has 0 spiro atoms. The van der Waals surface area contributed by atoms with Crippen LogP contribution in [0.3, 0.4) is 0 Å². The van der Waals surface area contributed by atoms with Crippen LogP contribution >= 0.6 is 11.6 Å². The summed E-state index contributed by atoms with van der Waals surface area (Å²) in [4.78, 5) is 14.4. The van der Waals surface area contributed by atoms with E-state index < -0.39 is 0 Å². The summed E-state index contributed by atoms with van der Waals surface area (Å²) in [6.45, 7) is 1.70. The first-order chi connectivity index (χ1) is 16.0. The van der Waals surface area contributed by atoms with Crippen molar-refractivity contribution >= 4 is 29.2 Å². The molecular formula is C26H27ClN4O2. The van der Waals surface area contributed by atoms with Crippen LogP contribution in [0.15, 0.2) is 72.8 Å².